The summed E-state index contributed by atoms with van der Waals surface area (Å²) in [6.45, 7) is 2.22. The molecule has 1 aliphatic rings. The number of aliphatic carboxylic acids is 1. The van der Waals surface area contributed by atoms with E-state index in [0.717, 1.165) is 24.1 Å². The summed E-state index contributed by atoms with van der Waals surface area (Å²) in [5.74, 6) is -4.25. The van der Waals surface area contributed by atoms with Crippen LogP contribution in [0.2, 0.25) is 0 Å². The fourth-order valence-corrected chi connectivity index (χ4v) is 4.07. The highest BCUT2D eigenvalue weighted by atomic mass is 19.1. The summed E-state index contributed by atoms with van der Waals surface area (Å²) in [6, 6.07) is 9.18. The smallest absolute Gasteiger partial charge is 0.306 e. The molecule has 1 fully saturated rings. The predicted molar refractivity (Wildman–Crippen MR) is 122 cm³/mol. The van der Waals surface area contributed by atoms with E-state index in [1.807, 2.05) is 19.1 Å². The number of carbonyl (C=O) groups excluding carboxylic acids is 2. The first-order chi connectivity index (χ1) is 16.3. The predicted octanol–water partition coefficient (Wildman–Crippen LogP) is 4.94. The third kappa shape index (κ3) is 6.62. The highest BCUT2D eigenvalue weighted by Crippen LogP contribution is 2.29. The number of benzene rings is 2. The molecular weight excluding hydrogens is 444 g/mol. The van der Waals surface area contributed by atoms with E-state index in [4.69, 9.17) is 9.84 Å². The van der Waals surface area contributed by atoms with Crippen LogP contribution in [0, 0.1) is 17.6 Å². The summed E-state index contributed by atoms with van der Waals surface area (Å²) < 4.78 is 34.7. The molecule has 0 heterocycles. The molecule has 2 N–H and O–H groups in total. The van der Waals surface area contributed by atoms with Crippen LogP contribution in [0.4, 0.5) is 8.78 Å². The Morgan fingerprint density at radius 3 is 2.21 bits per heavy atom. The van der Waals surface area contributed by atoms with Crippen LogP contribution in [0.5, 0.6) is 5.75 Å². The number of aryl methyl sites for hydroxylation is 1. The molecule has 6 nitrogen and oxygen atoms in total. The molecule has 2 aromatic carbocycles. The van der Waals surface area contributed by atoms with Gasteiger partial charge in [0.05, 0.1) is 17.6 Å². The minimum absolute atomic E-state index is 0.0216. The Bertz CT molecular complexity index is 1010. The van der Waals surface area contributed by atoms with Gasteiger partial charge in [0.2, 0.25) is 0 Å². The van der Waals surface area contributed by atoms with E-state index in [9.17, 15) is 23.2 Å². The average Bonchev–Trinajstić information content (AvgIpc) is 2.81. The minimum Gasteiger partial charge on any atom is -0.490 e. The summed E-state index contributed by atoms with van der Waals surface area (Å²) in [7, 11) is 0. The van der Waals surface area contributed by atoms with Crippen molar-refractivity contribution < 1.29 is 33.0 Å². The van der Waals surface area contributed by atoms with Crippen molar-refractivity contribution >= 4 is 17.7 Å². The minimum atomic E-state index is -1.00. The van der Waals surface area contributed by atoms with Crippen molar-refractivity contribution in [3.05, 3.63) is 64.7 Å². The fraction of sp³-hybridized carbons (Fsp3) is 0.423. The van der Waals surface area contributed by atoms with Gasteiger partial charge in [-0.25, -0.2) is 8.78 Å². The molecule has 1 amide bonds. The second kappa shape index (κ2) is 11.7. The number of Topliss-reactive ketones (excluding diaryl/α,β-unsaturated/α-hetero) is 1. The van der Waals surface area contributed by atoms with Crippen molar-refractivity contribution in [2.24, 2.45) is 5.92 Å². The molecule has 0 aromatic heterocycles. The lowest BCUT2D eigenvalue weighted by molar-refractivity contribution is -0.143. The quantitative estimate of drug-likeness (QED) is 0.377. The molecule has 0 bridgehead atoms. The summed E-state index contributed by atoms with van der Waals surface area (Å²) in [5, 5.41) is 11.8. The van der Waals surface area contributed by atoms with Crippen LogP contribution in [0.3, 0.4) is 0 Å². The van der Waals surface area contributed by atoms with Gasteiger partial charge in [-0.05, 0) is 56.2 Å². The van der Waals surface area contributed by atoms with Gasteiger partial charge in [0, 0.05) is 30.7 Å². The highest BCUT2D eigenvalue weighted by molar-refractivity contribution is 5.97. The molecule has 3 rings (SSSR count). The molecule has 0 spiro atoms. The van der Waals surface area contributed by atoms with E-state index in [1.165, 1.54) is 0 Å². The zero-order valence-corrected chi connectivity index (χ0v) is 19.1. The Balaban J connectivity index is 1.49. The number of nitrogens with one attached hydrogen (secondary N) is 1. The fourth-order valence-electron chi connectivity index (χ4n) is 4.07. The molecule has 8 heteroatoms. The van der Waals surface area contributed by atoms with Crippen molar-refractivity contribution in [1.29, 1.82) is 0 Å². The lowest BCUT2D eigenvalue weighted by atomic mass is 9.87. The largest absolute Gasteiger partial charge is 0.490 e. The molecule has 182 valence electrons. The second-order valence-corrected chi connectivity index (χ2v) is 8.52. The number of amides is 1. The molecule has 34 heavy (non-hydrogen) atoms. The normalized spacial score (nSPS) is 17.7. The van der Waals surface area contributed by atoms with Crippen LogP contribution in [0.15, 0.2) is 36.4 Å². The summed E-state index contributed by atoms with van der Waals surface area (Å²) in [6.07, 6.45) is 2.52. The third-order valence-corrected chi connectivity index (χ3v) is 6.11. The molecule has 0 saturated heterocycles. The maximum absolute atomic E-state index is 14.5. The van der Waals surface area contributed by atoms with E-state index in [2.05, 4.69) is 5.32 Å². The van der Waals surface area contributed by atoms with E-state index in [0.29, 0.717) is 31.2 Å². The van der Waals surface area contributed by atoms with Gasteiger partial charge < -0.3 is 15.2 Å². The van der Waals surface area contributed by atoms with Gasteiger partial charge in [0.1, 0.15) is 17.4 Å². The average molecular weight is 474 g/mol. The zero-order chi connectivity index (χ0) is 24.7. The third-order valence-electron chi connectivity index (χ3n) is 6.11. The number of hydrogen-bond acceptors (Lipinski definition) is 4. The van der Waals surface area contributed by atoms with E-state index >= 15 is 0 Å². The van der Waals surface area contributed by atoms with Crippen molar-refractivity contribution in [1.82, 2.24) is 5.32 Å². The Morgan fingerprint density at radius 2 is 1.65 bits per heavy atom. The van der Waals surface area contributed by atoms with Gasteiger partial charge in [-0.15, -0.1) is 0 Å². The lowest BCUT2D eigenvalue weighted by Crippen LogP contribution is -2.28. The molecule has 0 atom stereocenters. The Kier molecular flexibility index (Phi) is 8.73. The highest BCUT2D eigenvalue weighted by Gasteiger charge is 2.27. The summed E-state index contributed by atoms with van der Waals surface area (Å²) in [5.41, 5.74) is 1.00. The number of carbonyl (C=O) groups is 3. The van der Waals surface area contributed by atoms with Gasteiger partial charge in [-0.3, -0.25) is 14.4 Å². The van der Waals surface area contributed by atoms with Gasteiger partial charge in [0.15, 0.2) is 5.78 Å². The van der Waals surface area contributed by atoms with Crippen molar-refractivity contribution in [2.75, 3.05) is 6.54 Å². The maximum Gasteiger partial charge on any atom is 0.306 e. The van der Waals surface area contributed by atoms with Crippen LogP contribution in [0.25, 0.3) is 0 Å². The van der Waals surface area contributed by atoms with Crippen molar-refractivity contribution in [2.45, 2.75) is 58.0 Å². The molecular formula is C26H29F2NO5. The molecule has 1 saturated carbocycles. The maximum atomic E-state index is 14.5. The van der Waals surface area contributed by atoms with Crippen LogP contribution >= 0.6 is 0 Å². The first kappa shape index (κ1) is 25.3. The number of carboxylic acids is 1. The number of hydrogen-bond donors (Lipinski definition) is 2. The zero-order valence-electron chi connectivity index (χ0n) is 19.1. The van der Waals surface area contributed by atoms with Gasteiger partial charge in [0.25, 0.3) is 5.91 Å². The molecule has 1 aliphatic carbocycles. The number of rotatable bonds is 10. The Hall–Kier alpha value is -3.29. The second-order valence-electron chi connectivity index (χ2n) is 8.52. The SMILES string of the molecule is CCc1ccc(C(=O)NCCCC(=O)c2c(F)cc(OC3CCC(C(=O)O)CC3)cc2F)cc1. The summed E-state index contributed by atoms with van der Waals surface area (Å²) >= 11 is 0. The van der Waals surface area contributed by atoms with Crippen LogP contribution in [-0.2, 0) is 11.2 Å². The first-order valence-corrected chi connectivity index (χ1v) is 11.6. The lowest BCUT2D eigenvalue weighted by Gasteiger charge is -2.26. The van der Waals surface area contributed by atoms with Crippen LogP contribution in [-0.4, -0.2) is 35.4 Å². The van der Waals surface area contributed by atoms with Crippen molar-refractivity contribution in [3.63, 3.8) is 0 Å². The molecule has 2 aromatic rings. The first-order valence-electron chi connectivity index (χ1n) is 11.6. The summed E-state index contributed by atoms with van der Waals surface area (Å²) in [4.78, 5) is 35.6. The standard InChI is InChI=1S/C26H29F2NO5/c1-2-16-5-7-17(8-6-16)25(31)29-13-3-4-23(30)24-21(27)14-20(15-22(24)28)34-19-11-9-18(10-12-19)26(32)33/h5-8,14-15,18-19H,2-4,9-13H2,1H3,(H,29,31)(H,32,33). The number of ether oxygens (including phenoxy) is 1. The van der Waals surface area contributed by atoms with Crippen LogP contribution in [0.1, 0.15) is 71.7 Å². The Morgan fingerprint density at radius 1 is 1.03 bits per heavy atom. The number of halogens is 2. The monoisotopic (exact) mass is 473 g/mol. The van der Waals surface area contributed by atoms with Gasteiger partial charge in [-0.2, -0.15) is 0 Å². The van der Waals surface area contributed by atoms with Gasteiger partial charge in [-0.1, -0.05) is 19.1 Å². The molecule has 0 aliphatic heterocycles. The van der Waals surface area contributed by atoms with E-state index < -0.39 is 34.9 Å². The van der Waals surface area contributed by atoms with E-state index in [1.54, 1.807) is 12.1 Å². The van der Waals surface area contributed by atoms with Crippen molar-refractivity contribution in [3.8, 4) is 5.75 Å². The Labute approximate surface area is 197 Å². The molecule has 0 radical (unpaired) electrons. The number of ketones is 1. The van der Waals surface area contributed by atoms with Crippen LogP contribution < -0.4 is 10.1 Å². The van der Waals surface area contributed by atoms with Gasteiger partial charge >= 0.3 is 5.97 Å². The topological polar surface area (TPSA) is 92.7 Å². The number of carboxylic acid groups (broad SMARTS) is 1. The van der Waals surface area contributed by atoms with E-state index in [-0.39, 0.29) is 37.1 Å². The molecule has 0 unspecified atom stereocenters.